The molecule has 2 aromatic rings. The summed E-state index contributed by atoms with van der Waals surface area (Å²) >= 11 is 5.31. The Morgan fingerprint density at radius 3 is 3.00 bits per heavy atom. The molecule has 1 N–H and O–H groups in total. The number of rotatable bonds is 0. The molecule has 66 valence electrons. The molecule has 0 saturated carbocycles. The molecule has 2 aromatic heterocycles. The van der Waals surface area contributed by atoms with Gasteiger partial charge in [-0.3, -0.25) is 9.78 Å². The molecule has 0 aromatic carbocycles. The summed E-state index contributed by atoms with van der Waals surface area (Å²) in [6.45, 7) is 0. The van der Waals surface area contributed by atoms with Crippen molar-refractivity contribution >= 4 is 49.4 Å². The highest BCUT2D eigenvalue weighted by molar-refractivity contribution is 14.1. The number of nitrogens with zero attached hydrogens (tertiary/aromatic N) is 1. The minimum absolute atomic E-state index is 0.0280. The van der Waals surface area contributed by atoms with Gasteiger partial charge in [-0.2, -0.15) is 0 Å². The minimum Gasteiger partial charge on any atom is -0.359 e. The Balaban J connectivity index is 3.03. The first kappa shape index (κ1) is 9.14. The summed E-state index contributed by atoms with van der Waals surface area (Å²) in [6.07, 6.45) is 4.93. The van der Waals surface area contributed by atoms with Crippen LogP contribution in [0.4, 0.5) is 0 Å². The summed E-state index contributed by atoms with van der Waals surface area (Å²) in [7, 11) is 0. The van der Waals surface area contributed by atoms with Crippen molar-refractivity contribution in [3.63, 3.8) is 0 Å². The second kappa shape index (κ2) is 3.38. The lowest BCUT2D eigenvalue weighted by molar-refractivity contribution is 1.28. The molecule has 3 nitrogen and oxygen atoms in total. The Morgan fingerprint density at radius 1 is 1.46 bits per heavy atom. The molecule has 5 heteroatoms. The van der Waals surface area contributed by atoms with E-state index >= 15 is 0 Å². The number of hydrogen-bond donors (Lipinski definition) is 1. The number of pyridine rings is 2. The molecule has 0 fully saturated rings. The van der Waals surface area contributed by atoms with E-state index in [0.717, 1.165) is 9.09 Å². The molecule has 2 heterocycles. The summed E-state index contributed by atoms with van der Waals surface area (Å²) in [4.78, 5) is 18.6. The van der Waals surface area contributed by atoms with Crippen molar-refractivity contribution < 1.29 is 0 Å². The standard InChI is InChI=1S/C8H4BrIN2O/c9-5-2-12-7-4(8(5)13)1-11-3-6(7)10/h1-3H,(H,12,13). The van der Waals surface area contributed by atoms with Gasteiger partial charge >= 0.3 is 0 Å². The third-order valence-electron chi connectivity index (χ3n) is 1.70. The van der Waals surface area contributed by atoms with Crippen molar-refractivity contribution in [3.05, 3.63) is 36.9 Å². The summed E-state index contributed by atoms with van der Waals surface area (Å²) in [5, 5.41) is 0.612. The Kier molecular flexibility index (Phi) is 2.37. The van der Waals surface area contributed by atoms with E-state index in [-0.39, 0.29) is 5.43 Å². The Labute approximate surface area is 95.8 Å². The van der Waals surface area contributed by atoms with Crippen molar-refractivity contribution in [1.29, 1.82) is 0 Å². The van der Waals surface area contributed by atoms with Crippen LogP contribution < -0.4 is 5.43 Å². The fourth-order valence-electron chi connectivity index (χ4n) is 1.08. The van der Waals surface area contributed by atoms with Crippen molar-refractivity contribution in [3.8, 4) is 0 Å². The molecule has 0 amide bonds. The zero-order chi connectivity index (χ0) is 9.42. The molecular formula is C8H4BrIN2O. The van der Waals surface area contributed by atoms with Gasteiger partial charge in [0.25, 0.3) is 0 Å². The first-order valence-corrected chi connectivity index (χ1v) is 5.37. The number of hydrogen-bond acceptors (Lipinski definition) is 2. The zero-order valence-corrected chi connectivity index (χ0v) is 10.1. The highest BCUT2D eigenvalue weighted by Crippen LogP contribution is 2.15. The third-order valence-corrected chi connectivity index (χ3v) is 3.11. The molecule has 2 rings (SSSR count). The highest BCUT2D eigenvalue weighted by Gasteiger charge is 2.04. The second-order valence-corrected chi connectivity index (χ2v) is 4.53. The van der Waals surface area contributed by atoms with E-state index in [9.17, 15) is 4.79 Å². The average molecular weight is 351 g/mol. The van der Waals surface area contributed by atoms with E-state index < -0.39 is 0 Å². The lowest BCUT2D eigenvalue weighted by atomic mass is 10.3. The van der Waals surface area contributed by atoms with E-state index in [1.807, 2.05) is 0 Å². The van der Waals surface area contributed by atoms with E-state index in [0.29, 0.717) is 9.86 Å². The van der Waals surface area contributed by atoms with Gasteiger partial charge in [0, 0.05) is 18.6 Å². The van der Waals surface area contributed by atoms with Crippen LogP contribution in [0.3, 0.4) is 0 Å². The van der Waals surface area contributed by atoms with Crippen LogP contribution in [0.2, 0.25) is 0 Å². The molecule has 0 aliphatic rings. The predicted molar refractivity (Wildman–Crippen MR) is 62.8 cm³/mol. The maximum absolute atomic E-state index is 11.6. The number of aromatic nitrogens is 2. The van der Waals surface area contributed by atoms with Crippen LogP contribution >= 0.6 is 38.5 Å². The molecule has 0 bridgehead atoms. The van der Waals surface area contributed by atoms with Gasteiger partial charge < -0.3 is 4.98 Å². The molecular weight excluding hydrogens is 347 g/mol. The monoisotopic (exact) mass is 350 g/mol. The van der Waals surface area contributed by atoms with Gasteiger partial charge in [0.05, 0.1) is 18.9 Å². The quantitative estimate of drug-likeness (QED) is 0.741. The summed E-state index contributed by atoms with van der Waals surface area (Å²) in [6, 6.07) is 0. The number of H-pyrrole nitrogens is 1. The smallest absolute Gasteiger partial charge is 0.205 e. The van der Waals surface area contributed by atoms with Crippen LogP contribution in [0, 0.1) is 3.57 Å². The molecule has 0 aliphatic carbocycles. The Hall–Kier alpha value is -0.430. The van der Waals surface area contributed by atoms with Gasteiger partial charge in [-0.1, -0.05) is 0 Å². The number of aromatic amines is 1. The summed E-state index contributed by atoms with van der Waals surface area (Å²) in [5.41, 5.74) is 0.809. The van der Waals surface area contributed by atoms with Gasteiger partial charge in [0.2, 0.25) is 5.43 Å². The second-order valence-electron chi connectivity index (χ2n) is 2.51. The lowest BCUT2D eigenvalue weighted by Crippen LogP contribution is -2.04. The fraction of sp³-hybridized carbons (Fsp3) is 0. The Morgan fingerprint density at radius 2 is 2.23 bits per heavy atom. The molecule has 0 aliphatic heterocycles. The number of halogens is 2. The SMILES string of the molecule is O=c1c(Br)c[nH]c2c(I)cncc12. The topological polar surface area (TPSA) is 45.8 Å². The molecule has 0 atom stereocenters. The van der Waals surface area contributed by atoms with E-state index in [1.54, 1.807) is 18.6 Å². The third kappa shape index (κ3) is 1.50. The van der Waals surface area contributed by atoms with Gasteiger partial charge in [-0.25, -0.2) is 0 Å². The Bertz CT molecular complexity index is 523. The van der Waals surface area contributed by atoms with Gasteiger partial charge in [-0.05, 0) is 38.5 Å². The summed E-state index contributed by atoms with van der Waals surface area (Å²) < 4.78 is 1.48. The van der Waals surface area contributed by atoms with Crippen LogP contribution in [0.15, 0.2) is 27.9 Å². The molecule has 13 heavy (non-hydrogen) atoms. The molecule has 0 spiro atoms. The number of nitrogens with one attached hydrogen (secondary N) is 1. The van der Waals surface area contributed by atoms with Crippen LogP contribution in [0.5, 0.6) is 0 Å². The van der Waals surface area contributed by atoms with E-state index in [2.05, 4.69) is 48.5 Å². The first-order valence-electron chi connectivity index (χ1n) is 3.50. The maximum atomic E-state index is 11.6. The predicted octanol–water partition coefficient (Wildman–Crippen LogP) is 2.29. The average Bonchev–Trinajstić information content (AvgIpc) is 2.12. The minimum atomic E-state index is -0.0280. The zero-order valence-electron chi connectivity index (χ0n) is 6.34. The van der Waals surface area contributed by atoms with Crippen LogP contribution in [-0.2, 0) is 0 Å². The first-order chi connectivity index (χ1) is 6.20. The largest absolute Gasteiger partial charge is 0.359 e. The number of fused-ring (bicyclic) bond motifs is 1. The van der Waals surface area contributed by atoms with Crippen LogP contribution in [0.25, 0.3) is 10.9 Å². The molecule has 0 unspecified atom stereocenters. The highest BCUT2D eigenvalue weighted by atomic mass is 127. The summed E-state index contributed by atoms with van der Waals surface area (Å²) in [5.74, 6) is 0. The fourth-order valence-corrected chi connectivity index (χ4v) is 2.02. The van der Waals surface area contributed by atoms with Crippen LogP contribution in [-0.4, -0.2) is 9.97 Å². The van der Waals surface area contributed by atoms with Crippen molar-refractivity contribution in [1.82, 2.24) is 9.97 Å². The molecule has 0 radical (unpaired) electrons. The van der Waals surface area contributed by atoms with Crippen molar-refractivity contribution in [2.24, 2.45) is 0 Å². The van der Waals surface area contributed by atoms with Crippen molar-refractivity contribution in [2.75, 3.05) is 0 Å². The molecule has 0 saturated heterocycles. The van der Waals surface area contributed by atoms with Gasteiger partial charge in [-0.15, -0.1) is 0 Å². The normalized spacial score (nSPS) is 10.6. The lowest BCUT2D eigenvalue weighted by Gasteiger charge is -1.99. The van der Waals surface area contributed by atoms with E-state index in [4.69, 9.17) is 0 Å². The van der Waals surface area contributed by atoms with Gasteiger partial charge in [0.1, 0.15) is 0 Å². The van der Waals surface area contributed by atoms with Crippen molar-refractivity contribution in [2.45, 2.75) is 0 Å². The van der Waals surface area contributed by atoms with Gasteiger partial charge in [0.15, 0.2) is 0 Å². The van der Waals surface area contributed by atoms with Crippen LogP contribution in [0.1, 0.15) is 0 Å². The maximum Gasteiger partial charge on any atom is 0.205 e. The van der Waals surface area contributed by atoms with E-state index in [1.165, 1.54) is 0 Å².